The second-order valence-corrected chi connectivity index (χ2v) is 8.69. The number of amides is 2. The highest BCUT2D eigenvalue weighted by molar-refractivity contribution is 7.14. The van der Waals surface area contributed by atoms with Crippen molar-refractivity contribution in [2.45, 2.75) is 31.7 Å². The Hall–Kier alpha value is -3.59. The van der Waals surface area contributed by atoms with Gasteiger partial charge in [0.05, 0.1) is 22.2 Å². The Labute approximate surface area is 181 Å². The summed E-state index contributed by atoms with van der Waals surface area (Å²) in [6.45, 7) is 0. The number of fused-ring (bicyclic) bond motifs is 2. The van der Waals surface area contributed by atoms with Gasteiger partial charge in [0.1, 0.15) is 12.4 Å². The highest BCUT2D eigenvalue weighted by atomic mass is 32.1. The Morgan fingerprint density at radius 2 is 1.94 bits per heavy atom. The van der Waals surface area contributed by atoms with Gasteiger partial charge in [-0.3, -0.25) is 14.7 Å². The van der Waals surface area contributed by atoms with Crippen LogP contribution in [0.1, 0.15) is 44.6 Å². The second kappa shape index (κ2) is 7.92. The van der Waals surface area contributed by atoms with Gasteiger partial charge in [-0.2, -0.15) is 5.10 Å². The molecule has 1 aromatic carbocycles. The highest BCUT2D eigenvalue weighted by Gasteiger charge is 2.24. The van der Waals surface area contributed by atoms with Gasteiger partial charge >= 0.3 is 0 Å². The van der Waals surface area contributed by atoms with Crippen LogP contribution in [0.25, 0.3) is 22.3 Å². The minimum atomic E-state index is -0.917. The summed E-state index contributed by atoms with van der Waals surface area (Å²) < 4.78 is 0. The van der Waals surface area contributed by atoms with Gasteiger partial charge in [0.2, 0.25) is 5.91 Å². The quantitative estimate of drug-likeness (QED) is 0.447. The second-order valence-electron chi connectivity index (χ2n) is 7.55. The molecule has 1 atom stereocenters. The maximum absolute atomic E-state index is 12.8. The van der Waals surface area contributed by atoms with Crippen LogP contribution in [-0.2, 0) is 17.6 Å². The number of carbonyl (C=O) groups excluding carboxylic acids is 2. The lowest BCUT2D eigenvalue weighted by Gasteiger charge is -2.16. The van der Waals surface area contributed by atoms with Crippen LogP contribution in [0.15, 0.2) is 42.9 Å². The molecule has 0 saturated carbocycles. The van der Waals surface area contributed by atoms with E-state index in [4.69, 9.17) is 5.73 Å². The van der Waals surface area contributed by atoms with E-state index in [1.54, 1.807) is 18.3 Å². The van der Waals surface area contributed by atoms with E-state index in [1.807, 2.05) is 18.2 Å². The largest absolute Gasteiger partial charge is 0.368 e. The van der Waals surface area contributed by atoms with Crippen molar-refractivity contribution < 1.29 is 9.59 Å². The van der Waals surface area contributed by atoms with Crippen LogP contribution in [0.5, 0.6) is 0 Å². The molecule has 0 saturated heterocycles. The number of thiophene rings is 1. The maximum atomic E-state index is 12.8. The lowest BCUT2D eigenvalue weighted by molar-refractivity contribution is -0.120. The zero-order valence-electron chi connectivity index (χ0n) is 16.6. The smallest absolute Gasteiger partial charge is 0.262 e. The number of primary amides is 1. The van der Waals surface area contributed by atoms with Crippen molar-refractivity contribution >= 4 is 34.2 Å². The number of hydrogen-bond donors (Lipinski definition) is 3. The van der Waals surface area contributed by atoms with Crippen LogP contribution >= 0.6 is 11.3 Å². The number of nitrogens with one attached hydrogen (secondary N) is 2. The molecule has 4 aromatic rings. The van der Waals surface area contributed by atoms with Crippen LogP contribution < -0.4 is 11.1 Å². The molecule has 1 aliphatic carbocycles. The molecule has 2 amide bonds. The molecule has 1 unspecified atom stereocenters. The van der Waals surface area contributed by atoms with E-state index in [9.17, 15) is 9.59 Å². The van der Waals surface area contributed by atoms with Gasteiger partial charge in [-0.05, 0) is 42.9 Å². The van der Waals surface area contributed by atoms with Crippen LogP contribution in [0, 0.1) is 0 Å². The molecule has 5 rings (SSSR count). The molecule has 4 N–H and O–H groups in total. The molecule has 0 bridgehead atoms. The Morgan fingerprint density at radius 1 is 1.13 bits per heavy atom. The zero-order chi connectivity index (χ0) is 21.4. The number of nitrogens with zero attached hydrogens (tertiary/aromatic N) is 3. The molecule has 3 heterocycles. The van der Waals surface area contributed by atoms with Gasteiger partial charge in [0, 0.05) is 10.4 Å². The maximum Gasteiger partial charge on any atom is 0.262 e. The van der Waals surface area contributed by atoms with Gasteiger partial charge in [-0.15, -0.1) is 11.3 Å². The number of rotatable bonds is 5. The molecule has 0 fully saturated rings. The fourth-order valence-corrected chi connectivity index (χ4v) is 5.11. The molecular weight excluding hydrogens is 412 g/mol. The van der Waals surface area contributed by atoms with E-state index in [2.05, 4.69) is 25.5 Å². The van der Waals surface area contributed by atoms with E-state index >= 15 is 0 Å². The van der Waals surface area contributed by atoms with E-state index in [0.29, 0.717) is 16.1 Å². The van der Waals surface area contributed by atoms with Crippen molar-refractivity contribution in [3.63, 3.8) is 0 Å². The van der Waals surface area contributed by atoms with Gasteiger partial charge in [0.15, 0.2) is 5.65 Å². The molecule has 156 valence electrons. The molecule has 9 heteroatoms. The monoisotopic (exact) mass is 432 g/mol. The third-order valence-electron chi connectivity index (χ3n) is 5.55. The van der Waals surface area contributed by atoms with Gasteiger partial charge in [-0.1, -0.05) is 24.3 Å². The van der Waals surface area contributed by atoms with Crippen molar-refractivity contribution in [2.75, 3.05) is 0 Å². The fourth-order valence-electron chi connectivity index (χ4n) is 3.95. The Bertz CT molecular complexity index is 1250. The van der Waals surface area contributed by atoms with Crippen molar-refractivity contribution in [1.82, 2.24) is 25.5 Å². The number of aromatic nitrogens is 4. The Morgan fingerprint density at radius 3 is 2.71 bits per heavy atom. The van der Waals surface area contributed by atoms with E-state index in [-0.39, 0.29) is 5.91 Å². The first-order valence-electron chi connectivity index (χ1n) is 10.1. The number of benzene rings is 1. The van der Waals surface area contributed by atoms with Crippen molar-refractivity contribution in [3.05, 3.63) is 63.7 Å². The summed E-state index contributed by atoms with van der Waals surface area (Å²) in [7, 11) is 0. The summed E-state index contributed by atoms with van der Waals surface area (Å²) in [5.74, 6) is -0.884. The SMILES string of the molecule is NC(=O)C(NC(=O)c1cc2c(s1)CCCC2)c1ccc(-c2ncnc3[nH]ncc23)cc1. The van der Waals surface area contributed by atoms with Crippen LogP contribution in [-0.4, -0.2) is 32.0 Å². The first-order valence-corrected chi connectivity index (χ1v) is 10.9. The molecule has 31 heavy (non-hydrogen) atoms. The van der Waals surface area contributed by atoms with Gasteiger partial charge in [0.25, 0.3) is 5.91 Å². The summed E-state index contributed by atoms with van der Waals surface area (Å²) in [4.78, 5) is 35.3. The van der Waals surface area contributed by atoms with Crippen LogP contribution in [0.3, 0.4) is 0 Å². The molecule has 3 aromatic heterocycles. The first-order chi connectivity index (χ1) is 15.1. The first kappa shape index (κ1) is 19.4. The molecule has 1 aliphatic rings. The lowest BCUT2D eigenvalue weighted by Crippen LogP contribution is -2.37. The minimum Gasteiger partial charge on any atom is -0.368 e. The Kier molecular flexibility index (Phi) is 4.95. The molecular formula is C22H20N6O2S. The van der Waals surface area contributed by atoms with Crippen molar-refractivity contribution in [1.29, 1.82) is 0 Å². The summed E-state index contributed by atoms with van der Waals surface area (Å²) in [5.41, 5.74) is 9.70. The van der Waals surface area contributed by atoms with E-state index in [1.165, 1.54) is 28.1 Å². The van der Waals surface area contributed by atoms with Crippen LogP contribution in [0.4, 0.5) is 0 Å². The number of nitrogens with two attached hydrogens (primary N) is 1. The molecule has 0 spiro atoms. The Balaban J connectivity index is 1.39. The highest BCUT2D eigenvalue weighted by Crippen LogP contribution is 2.30. The molecule has 8 nitrogen and oxygen atoms in total. The molecule has 0 aliphatic heterocycles. The predicted octanol–water partition coefficient (Wildman–Crippen LogP) is 2.92. The number of aromatic amines is 1. The van der Waals surface area contributed by atoms with Crippen molar-refractivity contribution in [2.24, 2.45) is 5.73 Å². The van der Waals surface area contributed by atoms with E-state index < -0.39 is 11.9 Å². The predicted molar refractivity (Wildman–Crippen MR) is 117 cm³/mol. The summed E-state index contributed by atoms with van der Waals surface area (Å²) in [6.07, 6.45) is 7.47. The summed E-state index contributed by atoms with van der Waals surface area (Å²) >= 11 is 1.51. The van der Waals surface area contributed by atoms with Gasteiger partial charge in [-0.25, -0.2) is 9.97 Å². The summed E-state index contributed by atoms with van der Waals surface area (Å²) in [5, 5.41) is 10.4. The average molecular weight is 433 g/mol. The third-order valence-corrected chi connectivity index (χ3v) is 6.78. The zero-order valence-corrected chi connectivity index (χ0v) is 17.4. The number of carbonyl (C=O) groups is 2. The average Bonchev–Trinajstić information content (AvgIpc) is 3.44. The van der Waals surface area contributed by atoms with Crippen LogP contribution in [0.2, 0.25) is 0 Å². The normalized spacial score (nSPS) is 14.2. The minimum absolute atomic E-state index is 0.275. The molecule has 0 radical (unpaired) electrons. The third kappa shape index (κ3) is 3.68. The van der Waals surface area contributed by atoms with Gasteiger partial charge < -0.3 is 11.1 Å². The topological polar surface area (TPSA) is 127 Å². The lowest BCUT2D eigenvalue weighted by atomic mass is 9.99. The standard InChI is InChI=1S/C22H20N6O2S/c23-20(29)19(27-22(30)17-9-14-3-1-2-4-16(14)31-17)13-7-5-12(6-8-13)18-15-10-26-28-21(15)25-11-24-18/h5-11,19H,1-4H2,(H2,23,29)(H,27,30)(H,24,25,26,28). The number of H-pyrrole nitrogens is 1. The number of hydrogen-bond acceptors (Lipinski definition) is 6. The van der Waals surface area contributed by atoms with E-state index in [0.717, 1.165) is 42.3 Å². The summed E-state index contributed by atoms with van der Waals surface area (Å²) in [6, 6.07) is 8.27. The van der Waals surface area contributed by atoms with Crippen molar-refractivity contribution in [3.8, 4) is 11.3 Å². The number of aryl methyl sites for hydroxylation is 2. The fraction of sp³-hybridized carbons (Fsp3) is 0.227.